The molecule has 0 unspecified atom stereocenters. The van der Waals surface area contributed by atoms with Crippen molar-refractivity contribution in [2.45, 2.75) is 4.90 Å². The monoisotopic (exact) mass is 438 g/mol. The fourth-order valence-electron chi connectivity index (χ4n) is 4.78. The average molecular weight is 439 g/mol. The van der Waals surface area contributed by atoms with Gasteiger partial charge in [-0.25, -0.2) is 0 Å². The van der Waals surface area contributed by atoms with E-state index in [1.165, 1.54) is 43.8 Å². The van der Waals surface area contributed by atoms with Crippen LogP contribution in [0.25, 0.3) is 54.9 Å². The van der Waals surface area contributed by atoms with Gasteiger partial charge in [-0.1, -0.05) is 109 Å². The molecule has 1 heteroatoms. The van der Waals surface area contributed by atoms with E-state index in [2.05, 4.69) is 127 Å². The molecule has 6 aromatic rings. The van der Waals surface area contributed by atoms with Crippen LogP contribution in [0.2, 0.25) is 0 Å². The Labute approximate surface area is 199 Å². The Kier molecular flexibility index (Phi) is 4.97. The third kappa shape index (κ3) is 3.51. The molecule has 0 bridgehead atoms. The van der Waals surface area contributed by atoms with Crippen molar-refractivity contribution in [1.82, 2.24) is 0 Å². The van der Waals surface area contributed by atoms with Crippen LogP contribution in [0.1, 0.15) is 0 Å². The van der Waals surface area contributed by atoms with Crippen LogP contribution in [0.5, 0.6) is 0 Å². The van der Waals surface area contributed by atoms with E-state index in [1.807, 2.05) is 0 Å². The fourth-order valence-corrected chi connectivity index (χ4v) is 5.17. The first-order valence-corrected chi connectivity index (χ1v) is 11.6. The van der Waals surface area contributed by atoms with Gasteiger partial charge in [-0.3, -0.25) is 0 Å². The van der Waals surface area contributed by atoms with E-state index in [4.69, 9.17) is 12.6 Å². The largest absolute Gasteiger partial charge is 0.142 e. The lowest BCUT2D eigenvalue weighted by Crippen LogP contribution is -1.91. The molecule has 156 valence electrons. The van der Waals surface area contributed by atoms with Gasteiger partial charge in [-0.2, -0.15) is 0 Å². The maximum atomic E-state index is 5.04. The summed E-state index contributed by atoms with van der Waals surface area (Å²) in [6.45, 7) is 0. The van der Waals surface area contributed by atoms with Crippen molar-refractivity contribution in [3.63, 3.8) is 0 Å². The Morgan fingerprint density at radius 2 is 0.818 bits per heavy atom. The third-order valence-corrected chi connectivity index (χ3v) is 6.82. The maximum absolute atomic E-state index is 5.04. The molecule has 0 aromatic heterocycles. The van der Waals surface area contributed by atoms with Crippen molar-refractivity contribution in [1.29, 1.82) is 0 Å². The summed E-state index contributed by atoms with van der Waals surface area (Å²) in [6, 6.07) is 45.4. The summed E-state index contributed by atoms with van der Waals surface area (Å²) in [4.78, 5) is 1.00. The van der Waals surface area contributed by atoms with Crippen molar-refractivity contribution < 1.29 is 0 Å². The van der Waals surface area contributed by atoms with Crippen molar-refractivity contribution in [2.75, 3.05) is 0 Å². The summed E-state index contributed by atoms with van der Waals surface area (Å²) >= 11 is 5.04. The molecule has 6 aromatic carbocycles. The fraction of sp³-hybridized carbons (Fsp3) is 0. The molecule has 6 rings (SSSR count). The minimum absolute atomic E-state index is 1.00. The Morgan fingerprint density at radius 1 is 0.394 bits per heavy atom. The van der Waals surface area contributed by atoms with Crippen LogP contribution in [0.15, 0.2) is 132 Å². The highest BCUT2D eigenvalue weighted by molar-refractivity contribution is 7.80. The van der Waals surface area contributed by atoms with Crippen LogP contribution in [-0.4, -0.2) is 0 Å². The van der Waals surface area contributed by atoms with E-state index < -0.39 is 0 Å². The zero-order chi connectivity index (χ0) is 22.2. The first-order valence-electron chi connectivity index (χ1n) is 11.2. The summed E-state index contributed by atoms with van der Waals surface area (Å²) < 4.78 is 0. The Bertz CT molecular complexity index is 1480. The molecule has 0 spiro atoms. The van der Waals surface area contributed by atoms with Gasteiger partial charge < -0.3 is 0 Å². The minimum Gasteiger partial charge on any atom is -0.142 e. The molecule has 0 radical (unpaired) electrons. The Balaban J connectivity index is 1.75. The van der Waals surface area contributed by atoms with Crippen LogP contribution < -0.4 is 0 Å². The van der Waals surface area contributed by atoms with Gasteiger partial charge in [-0.05, 0) is 73.1 Å². The Hall–Kier alpha value is -3.81. The van der Waals surface area contributed by atoms with E-state index in [0.29, 0.717) is 0 Å². The lowest BCUT2D eigenvalue weighted by Gasteiger charge is -2.18. The molecular formula is C32H22S. The van der Waals surface area contributed by atoms with Crippen LogP contribution in [0, 0.1) is 0 Å². The van der Waals surface area contributed by atoms with Gasteiger partial charge in [0.2, 0.25) is 0 Å². The predicted molar refractivity (Wildman–Crippen MR) is 145 cm³/mol. The Morgan fingerprint density at radius 3 is 1.30 bits per heavy atom. The number of hydrogen-bond donors (Lipinski definition) is 1. The number of hydrogen-bond acceptors (Lipinski definition) is 1. The molecule has 0 aliphatic heterocycles. The summed E-state index contributed by atoms with van der Waals surface area (Å²) in [5.41, 5.74) is 7.11. The van der Waals surface area contributed by atoms with Crippen LogP contribution in [-0.2, 0) is 0 Å². The van der Waals surface area contributed by atoms with E-state index >= 15 is 0 Å². The third-order valence-electron chi connectivity index (χ3n) is 6.34. The molecular weight excluding hydrogens is 416 g/mol. The number of fused-ring (bicyclic) bond motifs is 2. The SMILES string of the molecule is Sc1c(-c2ccccc2)cc(-c2c3ccccc3cc3ccccc23)cc1-c1ccccc1. The predicted octanol–water partition coefficient (Wildman–Crippen LogP) is 9.28. The summed E-state index contributed by atoms with van der Waals surface area (Å²) in [5.74, 6) is 0. The highest BCUT2D eigenvalue weighted by atomic mass is 32.1. The summed E-state index contributed by atoms with van der Waals surface area (Å²) in [6.07, 6.45) is 0. The van der Waals surface area contributed by atoms with Crippen LogP contribution >= 0.6 is 12.6 Å². The molecule has 0 atom stereocenters. The van der Waals surface area contributed by atoms with Crippen molar-refractivity contribution in [3.05, 3.63) is 127 Å². The highest BCUT2D eigenvalue weighted by Crippen LogP contribution is 2.43. The molecule has 0 heterocycles. The molecule has 0 saturated heterocycles. The van der Waals surface area contributed by atoms with Gasteiger partial charge in [0.05, 0.1) is 0 Å². The van der Waals surface area contributed by atoms with Gasteiger partial charge >= 0.3 is 0 Å². The number of thiol groups is 1. The molecule has 0 nitrogen and oxygen atoms in total. The van der Waals surface area contributed by atoms with Gasteiger partial charge in [0.15, 0.2) is 0 Å². The van der Waals surface area contributed by atoms with Crippen molar-refractivity contribution >= 4 is 34.2 Å². The lowest BCUT2D eigenvalue weighted by molar-refractivity contribution is 1.44. The van der Waals surface area contributed by atoms with E-state index in [1.54, 1.807) is 0 Å². The van der Waals surface area contributed by atoms with Crippen LogP contribution in [0.4, 0.5) is 0 Å². The molecule has 0 N–H and O–H groups in total. The van der Waals surface area contributed by atoms with Gasteiger partial charge in [-0.15, -0.1) is 12.6 Å². The highest BCUT2D eigenvalue weighted by Gasteiger charge is 2.16. The first-order chi connectivity index (χ1) is 16.3. The lowest BCUT2D eigenvalue weighted by atomic mass is 9.88. The number of benzene rings is 6. The maximum Gasteiger partial charge on any atom is 0.0198 e. The molecule has 0 aliphatic carbocycles. The zero-order valence-electron chi connectivity index (χ0n) is 18.1. The normalized spacial score (nSPS) is 11.2. The quantitative estimate of drug-likeness (QED) is 0.206. The van der Waals surface area contributed by atoms with Crippen LogP contribution in [0.3, 0.4) is 0 Å². The zero-order valence-corrected chi connectivity index (χ0v) is 19.0. The van der Waals surface area contributed by atoms with E-state index in [-0.39, 0.29) is 0 Å². The second-order valence-electron chi connectivity index (χ2n) is 8.35. The molecule has 0 aliphatic rings. The van der Waals surface area contributed by atoms with Gasteiger partial charge in [0, 0.05) is 4.90 Å². The van der Waals surface area contributed by atoms with Gasteiger partial charge in [0.1, 0.15) is 0 Å². The average Bonchev–Trinajstić information content (AvgIpc) is 2.88. The molecule has 0 saturated carbocycles. The van der Waals surface area contributed by atoms with E-state index in [9.17, 15) is 0 Å². The van der Waals surface area contributed by atoms with E-state index in [0.717, 1.165) is 16.0 Å². The standard InChI is InChI=1S/C32H22S/c33-32-29(22-11-3-1-4-12-22)20-26(21-30(32)23-13-5-2-6-14-23)31-27-17-9-7-15-24(27)19-25-16-8-10-18-28(25)31/h1-21,33H. The topological polar surface area (TPSA) is 0 Å². The minimum atomic E-state index is 1.00. The van der Waals surface area contributed by atoms with Gasteiger partial charge in [0.25, 0.3) is 0 Å². The first kappa shape index (κ1) is 19.8. The summed E-state index contributed by atoms with van der Waals surface area (Å²) in [7, 11) is 0. The second kappa shape index (κ2) is 8.27. The second-order valence-corrected chi connectivity index (χ2v) is 8.79. The summed E-state index contributed by atoms with van der Waals surface area (Å²) in [5, 5.41) is 5.04. The van der Waals surface area contributed by atoms with Crippen molar-refractivity contribution in [3.8, 4) is 33.4 Å². The van der Waals surface area contributed by atoms with Crippen molar-refractivity contribution in [2.24, 2.45) is 0 Å². The smallest absolute Gasteiger partial charge is 0.0198 e. The molecule has 0 amide bonds. The molecule has 33 heavy (non-hydrogen) atoms. The number of rotatable bonds is 3. The molecule has 0 fully saturated rings.